The van der Waals surface area contributed by atoms with Crippen LogP contribution in [0.3, 0.4) is 0 Å². The van der Waals surface area contributed by atoms with E-state index in [1.807, 2.05) is 66.5 Å². The largest absolute Gasteiger partial charge is 0.345 e. The predicted octanol–water partition coefficient (Wildman–Crippen LogP) is 9.79. The van der Waals surface area contributed by atoms with Crippen molar-refractivity contribution in [1.82, 2.24) is 19.9 Å². The summed E-state index contributed by atoms with van der Waals surface area (Å²) in [5.41, 5.74) is 9.45. The molecule has 0 N–H and O–H groups in total. The summed E-state index contributed by atoms with van der Waals surface area (Å²) in [5, 5.41) is 0. The zero-order valence-electron chi connectivity index (χ0n) is 28.1. The first kappa shape index (κ1) is 31.6. The highest BCUT2D eigenvalue weighted by Gasteiger charge is 2.37. The average Bonchev–Trinajstić information content (AvgIpc) is 3.39. The number of carbonyl (C=O) groups is 1. The van der Waals surface area contributed by atoms with Gasteiger partial charge in [-0.2, -0.15) is 0 Å². The van der Waals surface area contributed by atoms with Gasteiger partial charge in [0.25, 0.3) is 0 Å². The minimum Gasteiger partial charge on any atom is -0.345 e. The number of benzene rings is 3. The molecule has 0 saturated carbocycles. The van der Waals surface area contributed by atoms with E-state index in [4.69, 9.17) is 15.0 Å². The van der Waals surface area contributed by atoms with Crippen LogP contribution in [0.15, 0.2) is 139 Å². The first-order valence-corrected chi connectivity index (χ1v) is 16.0. The molecule has 0 radical (unpaired) electrons. The maximum absolute atomic E-state index is 13.9. The highest BCUT2D eigenvalue weighted by Crippen LogP contribution is 2.47. The molecule has 234 valence electrons. The molecule has 4 bridgehead atoms. The van der Waals surface area contributed by atoms with Gasteiger partial charge in [-0.3, -0.25) is 4.79 Å². The summed E-state index contributed by atoms with van der Waals surface area (Å²) in [6, 6.07) is 24.1. The van der Waals surface area contributed by atoms with Crippen molar-refractivity contribution in [3.8, 4) is 34.2 Å². The van der Waals surface area contributed by atoms with Crippen LogP contribution in [0.5, 0.6) is 0 Å². The maximum atomic E-state index is 13.9. The Morgan fingerprint density at radius 1 is 0.872 bits per heavy atom. The van der Waals surface area contributed by atoms with E-state index in [1.165, 1.54) is 11.1 Å². The number of nitrogens with zero attached hydrogens (tertiary/aromatic N) is 4. The van der Waals surface area contributed by atoms with Gasteiger partial charge in [-0.15, -0.1) is 0 Å². The molecule has 4 aromatic rings. The predicted molar refractivity (Wildman–Crippen MR) is 193 cm³/mol. The minimum absolute atomic E-state index is 0.104. The lowest BCUT2D eigenvalue weighted by Gasteiger charge is -2.38. The molecule has 1 atom stereocenters. The summed E-state index contributed by atoms with van der Waals surface area (Å²) in [7, 11) is 1.95. The number of hydrogen-bond acceptors (Lipinski definition) is 5. The fourth-order valence-corrected chi connectivity index (χ4v) is 6.81. The zero-order chi connectivity index (χ0) is 33.6. The minimum atomic E-state index is -0.465. The van der Waals surface area contributed by atoms with Crippen LogP contribution in [-0.2, 0) is 5.41 Å². The van der Waals surface area contributed by atoms with Crippen LogP contribution in [0.25, 0.3) is 39.7 Å². The molecule has 1 aromatic heterocycles. The van der Waals surface area contributed by atoms with E-state index in [0.29, 0.717) is 39.9 Å². The molecule has 0 amide bonds. The summed E-state index contributed by atoms with van der Waals surface area (Å²) in [6.45, 7) is 24.1. The first-order chi connectivity index (χ1) is 22.5. The highest BCUT2D eigenvalue weighted by atomic mass is 16.1. The van der Waals surface area contributed by atoms with Crippen LogP contribution in [0.4, 0.5) is 0 Å². The second-order valence-corrected chi connectivity index (χ2v) is 12.7. The summed E-state index contributed by atoms with van der Waals surface area (Å²) >= 11 is 0. The number of likely N-dealkylation sites (N-methyl/N-ethyl adjacent to an activating group) is 1. The Morgan fingerprint density at radius 2 is 1.49 bits per heavy atom. The second-order valence-electron chi connectivity index (χ2n) is 12.7. The van der Waals surface area contributed by atoms with Crippen molar-refractivity contribution in [2.45, 2.75) is 40.0 Å². The molecule has 0 fully saturated rings. The molecular weight excluding hydrogens is 576 g/mol. The third kappa shape index (κ3) is 5.12. The highest BCUT2D eigenvalue weighted by molar-refractivity contribution is 6.25. The van der Waals surface area contributed by atoms with Gasteiger partial charge < -0.3 is 4.90 Å². The Morgan fingerprint density at radius 3 is 2.15 bits per heavy atom. The molecule has 5 nitrogen and oxygen atoms in total. The normalized spacial score (nSPS) is 18.2. The molecule has 6 rings (SSSR count). The number of hydrogen-bond donors (Lipinski definition) is 0. The molecule has 5 heteroatoms. The second kappa shape index (κ2) is 12.1. The van der Waals surface area contributed by atoms with Crippen LogP contribution in [-0.4, -0.2) is 32.7 Å². The molecule has 1 aliphatic carbocycles. The van der Waals surface area contributed by atoms with Gasteiger partial charge in [-0.1, -0.05) is 124 Å². The summed E-state index contributed by atoms with van der Waals surface area (Å²) in [4.78, 5) is 31.0. The Bertz CT molecular complexity index is 2080. The fourth-order valence-electron chi connectivity index (χ4n) is 6.81. The molecule has 0 spiro atoms. The standard InChI is InChI=1S/C42H40N4O/c1-10-26(5)42(8)31-20-15-19-30(24-31)40-43-39(29-17-13-12-14-18-29)44-41(45-40)34-22-16-21-33-37(34)36(32(11-2)38(33)47)28(7)46(9)27(6)23-35(42)25(3)4/h10-25H,2,6-7H2,1,3-5,8-9H3. The molecule has 1 aliphatic heterocycles. The Labute approximate surface area is 278 Å². The Balaban J connectivity index is 1.77. The van der Waals surface area contributed by atoms with Crippen LogP contribution in [0, 0.1) is 5.92 Å². The van der Waals surface area contributed by atoms with Crippen molar-refractivity contribution < 1.29 is 4.79 Å². The van der Waals surface area contributed by atoms with E-state index in [-0.39, 0.29) is 11.7 Å². The van der Waals surface area contributed by atoms with Gasteiger partial charge in [0.1, 0.15) is 0 Å². The lowest BCUT2D eigenvalue weighted by molar-refractivity contribution is 0.104. The van der Waals surface area contributed by atoms with Gasteiger partial charge in [-0.25, -0.2) is 15.0 Å². The molecule has 2 aliphatic rings. The smallest absolute Gasteiger partial charge is 0.194 e. The molecule has 1 unspecified atom stereocenters. The Hall–Kier alpha value is -5.42. The van der Waals surface area contributed by atoms with E-state index < -0.39 is 5.41 Å². The number of ketones is 1. The van der Waals surface area contributed by atoms with E-state index in [0.717, 1.165) is 33.5 Å². The van der Waals surface area contributed by atoms with Gasteiger partial charge in [-0.05, 0) is 44.4 Å². The van der Waals surface area contributed by atoms with Crippen molar-refractivity contribution in [1.29, 1.82) is 0 Å². The molecule has 3 aromatic carbocycles. The molecular formula is C42H40N4O. The number of aromatic nitrogens is 3. The van der Waals surface area contributed by atoms with Crippen LogP contribution < -0.4 is 0 Å². The average molecular weight is 617 g/mol. The first-order valence-electron chi connectivity index (χ1n) is 16.0. The van der Waals surface area contributed by atoms with E-state index in [9.17, 15) is 4.79 Å². The quantitative estimate of drug-likeness (QED) is 0.214. The summed E-state index contributed by atoms with van der Waals surface area (Å²) in [6.07, 6.45) is 5.98. The molecule has 2 heterocycles. The van der Waals surface area contributed by atoms with Crippen LogP contribution in [0.1, 0.15) is 56.1 Å². The number of allylic oxidation sites excluding steroid dienone is 7. The fraction of sp³-hybridized carbons (Fsp3) is 0.190. The summed E-state index contributed by atoms with van der Waals surface area (Å²) < 4.78 is 0. The SMILES string of the molecule is C=CC1=C2C(=C)N(C)C(=C)C=C(C(C)C)C(C)(C(C)=CC)c3cccc(c3)-c3nc(-c4ccccc4)nc(n3)-c3cccc(c32)C1=O. The van der Waals surface area contributed by atoms with E-state index >= 15 is 0 Å². The number of Topliss-reactive ketones (excluding diaryl/α,β-unsaturated/α-hetero) is 1. The monoisotopic (exact) mass is 616 g/mol. The number of rotatable bonds is 4. The van der Waals surface area contributed by atoms with Gasteiger partial charge >= 0.3 is 0 Å². The third-order valence-corrected chi connectivity index (χ3v) is 9.75. The van der Waals surface area contributed by atoms with Crippen LogP contribution >= 0.6 is 0 Å². The Kier molecular flexibility index (Phi) is 8.10. The van der Waals surface area contributed by atoms with Crippen molar-refractivity contribution >= 4 is 11.4 Å². The number of carbonyl (C=O) groups excluding carboxylic acids is 1. The van der Waals surface area contributed by atoms with Crippen molar-refractivity contribution in [3.05, 3.63) is 156 Å². The van der Waals surface area contributed by atoms with Crippen molar-refractivity contribution in [2.24, 2.45) is 5.92 Å². The third-order valence-electron chi connectivity index (χ3n) is 9.75. The van der Waals surface area contributed by atoms with E-state index in [1.54, 1.807) is 6.08 Å². The molecule has 47 heavy (non-hydrogen) atoms. The van der Waals surface area contributed by atoms with Crippen molar-refractivity contribution in [3.63, 3.8) is 0 Å². The van der Waals surface area contributed by atoms with Crippen molar-refractivity contribution in [2.75, 3.05) is 7.05 Å². The maximum Gasteiger partial charge on any atom is 0.194 e. The number of fused-ring (bicyclic) bond motifs is 6. The van der Waals surface area contributed by atoms with Gasteiger partial charge in [0, 0.05) is 62.8 Å². The molecule has 0 saturated heterocycles. The topological polar surface area (TPSA) is 59.0 Å². The summed E-state index contributed by atoms with van der Waals surface area (Å²) in [5.74, 6) is 1.66. The lowest BCUT2D eigenvalue weighted by Crippen LogP contribution is -2.30. The van der Waals surface area contributed by atoms with Gasteiger partial charge in [0.15, 0.2) is 23.3 Å². The lowest BCUT2D eigenvalue weighted by atomic mass is 9.66. The van der Waals surface area contributed by atoms with Crippen LogP contribution in [0.2, 0.25) is 0 Å². The van der Waals surface area contributed by atoms with E-state index in [2.05, 4.69) is 84.7 Å². The van der Waals surface area contributed by atoms with Gasteiger partial charge in [0.2, 0.25) is 0 Å². The van der Waals surface area contributed by atoms with Gasteiger partial charge in [0.05, 0.1) is 0 Å². The zero-order valence-corrected chi connectivity index (χ0v) is 28.1.